The van der Waals surface area contributed by atoms with E-state index in [1.165, 1.54) is 61.5 Å². The third-order valence-electron chi connectivity index (χ3n) is 14.4. The number of rotatable bonds is 9. The molecular formula is C59H59N. The topological polar surface area (TPSA) is 3.24 Å². The summed E-state index contributed by atoms with van der Waals surface area (Å²) in [6, 6.07) is 9.36. The van der Waals surface area contributed by atoms with Crippen LogP contribution in [0, 0.1) is 35.5 Å². The lowest BCUT2D eigenvalue weighted by atomic mass is 9.67. The van der Waals surface area contributed by atoms with Crippen molar-refractivity contribution in [2.45, 2.75) is 71.3 Å². The Bertz CT molecular complexity index is 2480. The van der Waals surface area contributed by atoms with Crippen molar-refractivity contribution in [3.63, 3.8) is 0 Å². The van der Waals surface area contributed by atoms with E-state index in [1.54, 1.807) is 5.57 Å². The Morgan fingerprint density at radius 2 is 1.48 bits per heavy atom. The molecule has 0 radical (unpaired) electrons. The van der Waals surface area contributed by atoms with Gasteiger partial charge in [-0.3, -0.25) is 0 Å². The molecule has 1 heteroatoms. The van der Waals surface area contributed by atoms with E-state index in [0.717, 1.165) is 51.4 Å². The van der Waals surface area contributed by atoms with Crippen LogP contribution in [0.4, 0.5) is 0 Å². The quantitative estimate of drug-likeness (QED) is 0.226. The lowest BCUT2D eigenvalue weighted by Crippen LogP contribution is -2.34. The van der Waals surface area contributed by atoms with Crippen molar-refractivity contribution in [3.8, 4) is 0 Å². The Labute approximate surface area is 359 Å². The predicted octanol–water partition coefficient (Wildman–Crippen LogP) is 14.6. The predicted molar refractivity (Wildman–Crippen MR) is 254 cm³/mol. The van der Waals surface area contributed by atoms with E-state index in [1.807, 2.05) is 0 Å². The molecule has 0 fully saturated rings. The maximum absolute atomic E-state index is 2.69. The molecule has 1 nitrogen and oxygen atoms in total. The molecule has 300 valence electrons. The summed E-state index contributed by atoms with van der Waals surface area (Å²) in [6.45, 7) is 4.45. The molecule has 9 aliphatic rings. The van der Waals surface area contributed by atoms with Crippen molar-refractivity contribution in [3.05, 3.63) is 244 Å². The van der Waals surface area contributed by atoms with Gasteiger partial charge in [0.2, 0.25) is 0 Å². The summed E-state index contributed by atoms with van der Waals surface area (Å²) < 4.78 is 0. The number of nitrogens with zero attached hydrogens (tertiary/aromatic N) is 1. The molecule has 1 aromatic rings. The van der Waals surface area contributed by atoms with Gasteiger partial charge >= 0.3 is 0 Å². The zero-order chi connectivity index (χ0) is 40.4. The number of hydrogen-bond donors (Lipinski definition) is 0. The summed E-state index contributed by atoms with van der Waals surface area (Å²) in [5.41, 5.74) is 17.5. The van der Waals surface area contributed by atoms with E-state index >= 15 is 0 Å². The minimum Gasteiger partial charge on any atom is -0.338 e. The van der Waals surface area contributed by atoms with Crippen molar-refractivity contribution in [1.82, 2.24) is 4.90 Å². The summed E-state index contributed by atoms with van der Waals surface area (Å²) in [4.78, 5) is 2.69. The molecule has 7 unspecified atom stereocenters. The molecule has 10 rings (SSSR count). The molecule has 0 aromatic heterocycles. The Kier molecular flexibility index (Phi) is 11.0. The van der Waals surface area contributed by atoms with Gasteiger partial charge in [0.1, 0.15) is 0 Å². The maximum atomic E-state index is 2.69. The van der Waals surface area contributed by atoms with Gasteiger partial charge in [-0.15, -0.1) is 0 Å². The molecular weight excluding hydrogens is 723 g/mol. The molecule has 0 aliphatic heterocycles. The Morgan fingerprint density at radius 1 is 0.667 bits per heavy atom. The Hall–Kier alpha value is -5.66. The average molecular weight is 782 g/mol. The second-order valence-electron chi connectivity index (χ2n) is 17.9. The third kappa shape index (κ3) is 7.53. The van der Waals surface area contributed by atoms with E-state index in [-0.39, 0.29) is 0 Å². The van der Waals surface area contributed by atoms with Gasteiger partial charge in [-0.25, -0.2) is 0 Å². The monoisotopic (exact) mass is 781 g/mol. The largest absolute Gasteiger partial charge is 0.338 e. The van der Waals surface area contributed by atoms with Crippen LogP contribution in [0.25, 0.3) is 5.57 Å². The highest BCUT2D eigenvalue weighted by atomic mass is 15.2. The van der Waals surface area contributed by atoms with Gasteiger partial charge in [0.25, 0.3) is 0 Å². The van der Waals surface area contributed by atoms with Crippen molar-refractivity contribution in [2.75, 3.05) is 0 Å². The van der Waals surface area contributed by atoms with E-state index in [2.05, 4.69) is 201 Å². The number of benzene rings is 1. The molecule has 7 atom stereocenters. The van der Waals surface area contributed by atoms with Crippen molar-refractivity contribution in [2.24, 2.45) is 35.5 Å². The van der Waals surface area contributed by atoms with Gasteiger partial charge < -0.3 is 4.90 Å². The first-order valence-corrected chi connectivity index (χ1v) is 22.9. The molecule has 0 heterocycles. The highest BCUT2D eigenvalue weighted by molar-refractivity contribution is 5.86. The lowest BCUT2D eigenvalue weighted by molar-refractivity contribution is 0.352. The zero-order valence-electron chi connectivity index (χ0n) is 35.5. The number of hydrogen-bond acceptors (Lipinski definition) is 1. The van der Waals surface area contributed by atoms with E-state index in [4.69, 9.17) is 0 Å². The molecule has 0 bridgehead atoms. The molecule has 9 aliphatic carbocycles. The summed E-state index contributed by atoms with van der Waals surface area (Å²) in [6.07, 6.45) is 70.7. The first-order chi connectivity index (χ1) is 29.6. The Balaban J connectivity index is 0.919. The molecule has 1 aromatic carbocycles. The number of fused-ring (bicyclic) bond motifs is 4. The SMILES string of the molecule is C/C=C/Cc1ccccc1C1=C(C2=CC=C(N(C3=CCC(C4=CC5C=CC6=C(C=CC7C=CC=CC67)C5C=C4)C=C3)C3C=CC(C4C=CC=CC4)=CC3)CC2)CCC=C1C. The van der Waals surface area contributed by atoms with Gasteiger partial charge in [0.15, 0.2) is 0 Å². The van der Waals surface area contributed by atoms with Crippen LogP contribution in [-0.4, -0.2) is 10.9 Å². The molecule has 0 spiro atoms. The molecule has 0 N–H and O–H groups in total. The second-order valence-corrected chi connectivity index (χ2v) is 17.9. The fraction of sp³-hybridized carbons (Fsp3) is 0.288. The number of allylic oxidation sites excluding steroid dienone is 33. The van der Waals surface area contributed by atoms with E-state index in [9.17, 15) is 0 Å². The highest BCUT2D eigenvalue weighted by Gasteiger charge is 2.34. The Morgan fingerprint density at radius 3 is 2.27 bits per heavy atom. The van der Waals surface area contributed by atoms with Gasteiger partial charge in [-0.05, 0) is 133 Å². The third-order valence-corrected chi connectivity index (χ3v) is 14.4. The summed E-state index contributed by atoms with van der Waals surface area (Å²) in [7, 11) is 0. The van der Waals surface area contributed by atoms with Gasteiger partial charge in [-0.1, -0.05) is 170 Å². The van der Waals surface area contributed by atoms with Crippen LogP contribution in [0.3, 0.4) is 0 Å². The molecule has 0 amide bonds. The molecule has 60 heavy (non-hydrogen) atoms. The minimum atomic E-state index is 0.292. The van der Waals surface area contributed by atoms with Gasteiger partial charge in [0.05, 0.1) is 6.04 Å². The van der Waals surface area contributed by atoms with E-state index in [0.29, 0.717) is 41.5 Å². The highest BCUT2D eigenvalue weighted by Crippen LogP contribution is 2.47. The van der Waals surface area contributed by atoms with Gasteiger partial charge in [0, 0.05) is 46.9 Å². The average Bonchev–Trinajstić information content (AvgIpc) is 3.31. The maximum Gasteiger partial charge on any atom is 0.0556 e. The van der Waals surface area contributed by atoms with E-state index < -0.39 is 0 Å². The zero-order valence-corrected chi connectivity index (χ0v) is 35.5. The minimum absolute atomic E-state index is 0.292. The van der Waals surface area contributed by atoms with Crippen LogP contribution in [0.5, 0.6) is 0 Å². The fourth-order valence-corrected chi connectivity index (χ4v) is 11.2. The second kappa shape index (κ2) is 17.1. The first-order valence-electron chi connectivity index (χ1n) is 22.9. The van der Waals surface area contributed by atoms with Crippen molar-refractivity contribution >= 4 is 5.57 Å². The summed E-state index contributed by atoms with van der Waals surface area (Å²) in [5, 5.41) is 0. The van der Waals surface area contributed by atoms with Crippen LogP contribution in [0.1, 0.15) is 69.9 Å². The smallest absolute Gasteiger partial charge is 0.0556 e. The fourth-order valence-electron chi connectivity index (χ4n) is 11.2. The van der Waals surface area contributed by atoms with Crippen molar-refractivity contribution < 1.29 is 0 Å². The van der Waals surface area contributed by atoms with Crippen LogP contribution < -0.4 is 0 Å². The van der Waals surface area contributed by atoms with Crippen LogP contribution in [-0.2, 0) is 6.42 Å². The summed E-state index contributed by atoms with van der Waals surface area (Å²) in [5.74, 6) is 2.69. The first kappa shape index (κ1) is 38.5. The van der Waals surface area contributed by atoms with Crippen LogP contribution >= 0.6 is 0 Å². The lowest BCUT2D eigenvalue weighted by Gasteiger charge is -2.39. The van der Waals surface area contributed by atoms with Crippen LogP contribution in [0.2, 0.25) is 0 Å². The molecule has 0 saturated carbocycles. The van der Waals surface area contributed by atoms with Gasteiger partial charge in [-0.2, -0.15) is 0 Å². The van der Waals surface area contributed by atoms with Crippen LogP contribution in [0.15, 0.2) is 233 Å². The molecule has 0 saturated heterocycles. The normalized spacial score (nSPS) is 30.1. The summed E-state index contributed by atoms with van der Waals surface area (Å²) >= 11 is 0. The standard InChI is InChI=1S/C59H59N/c1-3-4-14-45-17-9-11-20-55(45)59-41(2)13-12-21-56(59)47-26-35-52(36-27-47)60(50-31-22-43(23-32-50)42-15-6-5-7-16-42)51-33-24-44(25-34-51)48-29-37-54-49(40-48)30-39-57-53-19-10-8-18-46(53)28-38-58(54)57/h3-11,13,15,17-20,22-24,26,28-31,33-35,37-40,42,44,46,49-50,53-54H,12,14,16,21,25,27,32,36H2,1-2H3/b4-3+. The van der Waals surface area contributed by atoms with Crippen molar-refractivity contribution in [1.29, 1.82) is 0 Å².